The molecule has 0 saturated heterocycles. The normalized spacial score (nSPS) is 16.8. The first-order chi connectivity index (χ1) is 7.67. The molecule has 1 aliphatic rings. The van der Waals surface area contributed by atoms with E-state index in [4.69, 9.17) is 18.0 Å². The Morgan fingerprint density at radius 1 is 1.56 bits per heavy atom. The molecule has 3 N–H and O–H groups in total. The Morgan fingerprint density at radius 3 is 2.81 bits per heavy atom. The van der Waals surface area contributed by atoms with Gasteiger partial charge in [0.25, 0.3) is 0 Å². The third-order valence-corrected chi connectivity index (χ3v) is 4.36. The standard InChI is InChI=1S/C10H14N4S2/c1-16-10(2-3-10)6-14-9-7(8(11)15)12-4-5-13-9/h4-5H,2-3,6H2,1H3,(H2,11,15)(H,13,14). The molecule has 16 heavy (non-hydrogen) atoms. The van der Waals surface area contributed by atoms with Crippen LogP contribution in [0.3, 0.4) is 0 Å². The fourth-order valence-corrected chi connectivity index (χ4v) is 2.36. The zero-order valence-corrected chi connectivity index (χ0v) is 10.7. The van der Waals surface area contributed by atoms with Crippen LogP contribution in [0.5, 0.6) is 0 Å². The maximum absolute atomic E-state index is 5.59. The molecule has 1 heterocycles. The van der Waals surface area contributed by atoms with Gasteiger partial charge in [-0.05, 0) is 19.1 Å². The molecule has 0 bridgehead atoms. The van der Waals surface area contributed by atoms with Crippen LogP contribution in [0, 0.1) is 0 Å². The van der Waals surface area contributed by atoms with Gasteiger partial charge in [-0.3, -0.25) is 0 Å². The summed E-state index contributed by atoms with van der Waals surface area (Å²) in [6.45, 7) is 0.891. The van der Waals surface area contributed by atoms with Crippen LogP contribution in [0.1, 0.15) is 18.5 Å². The minimum absolute atomic E-state index is 0.282. The second-order valence-corrected chi connectivity index (χ2v) is 5.57. The fourth-order valence-electron chi connectivity index (χ4n) is 1.49. The second kappa shape index (κ2) is 4.55. The molecule has 0 aromatic carbocycles. The number of nitrogens with two attached hydrogens (primary N) is 1. The maximum atomic E-state index is 5.59. The molecular weight excluding hydrogens is 240 g/mol. The Balaban J connectivity index is 2.06. The zero-order chi connectivity index (χ0) is 11.6. The highest BCUT2D eigenvalue weighted by Gasteiger charge is 2.41. The number of thioether (sulfide) groups is 1. The Morgan fingerprint density at radius 2 is 2.25 bits per heavy atom. The third-order valence-electron chi connectivity index (χ3n) is 2.75. The van der Waals surface area contributed by atoms with Crippen LogP contribution in [0.2, 0.25) is 0 Å². The van der Waals surface area contributed by atoms with Crippen LogP contribution in [0.25, 0.3) is 0 Å². The number of hydrogen-bond donors (Lipinski definition) is 2. The number of hydrogen-bond acceptors (Lipinski definition) is 5. The van der Waals surface area contributed by atoms with Gasteiger partial charge in [-0.2, -0.15) is 11.8 Å². The number of rotatable bonds is 5. The first kappa shape index (κ1) is 11.6. The molecule has 1 aromatic rings. The number of nitrogens with zero attached hydrogens (tertiary/aromatic N) is 2. The van der Waals surface area contributed by atoms with E-state index in [1.54, 1.807) is 12.4 Å². The summed E-state index contributed by atoms with van der Waals surface area (Å²) < 4.78 is 0.380. The van der Waals surface area contributed by atoms with Gasteiger partial charge in [0.05, 0.1) is 0 Å². The van der Waals surface area contributed by atoms with Gasteiger partial charge in [-0.1, -0.05) is 12.2 Å². The topological polar surface area (TPSA) is 63.8 Å². The predicted molar refractivity (Wildman–Crippen MR) is 71.9 cm³/mol. The van der Waals surface area contributed by atoms with E-state index >= 15 is 0 Å². The van der Waals surface area contributed by atoms with Gasteiger partial charge in [0, 0.05) is 23.7 Å². The van der Waals surface area contributed by atoms with Crippen molar-refractivity contribution in [3.05, 3.63) is 18.1 Å². The van der Waals surface area contributed by atoms with Crippen LogP contribution >= 0.6 is 24.0 Å². The van der Waals surface area contributed by atoms with Gasteiger partial charge in [-0.25, -0.2) is 9.97 Å². The van der Waals surface area contributed by atoms with E-state index in [0.717, 1.165) is 6.54 Å². The average molecular weight is 254 g/mol. The third kappa shape index (κ3) is 2.44. The number of aromatic nitrogens is 2. The van der Waals surface area contributed by atoms with E-state index < -0.39 is 0 Å². The molecular formula is C10H14N4S2. The number of anilines is 1. The lowest BCUT2D eigenvalue weighted by Gasteiger charge is -2.14. The van der Waals surface area contributed by atoms with Crippen molar-refractivity contribution in [3.63, 3.8) is 0 Å². The van der Waals surface area contributed by atoms with Gasteiger partial charge in [0.2, 0.25) is 0 Å². The van der Waals surface area contributed by atoms with E-state index in [9.17, 15) is 0 Å². The van der Waals surface area contributed by atoms with Crippen LogP contribution in [-0.4, -0.2) is 32.5 Å². The maximum Gasteiger partial charge on any atom is 0.155 e. The Bertz CT molecular complexity index is 404. The summed E-state index contributed by atoms with van der Waals surface area (Å²) in [4.78, 5) is 8.62. The van der Waals surface area contributed by atoms with Gasteiger partial charge in [0.15, 0.2) is 5.82 Å². The molecule has 2 rings (SSSR count). The highest BCUT2D eigenvalue weighted by Crippen LogP contribution is 2.46. The minimum atomic E-state index is 0.282. The first-order valence-corrected chi connectivity index (χ1v) is 6.70. The zero-order valence-electron chi connectivity index (χ0n) is 9.06. The summed E-state index contributed by atoms with van der Waals surface area (Å²) in [5.41, 5.74) is 6.16. The molecule has 1 aromatic heterocycles. The molecule has 0 atom stereocenters. The van der Waals surface area contributed by atoms with Crippen molar-refractivity contribution in [2.75, 3.05) is 18.1 Å². The van der Waals surface area contributed by atoms with Gasteiger partial charge in [-0.15, -0.1) is 0 Å². The molecule has 0 spiro atoms. The smallest absolute Gasteiger partial charge is 0.155 e. The molecule has 1 fully saturated rings. The first-order valence-electron chi connectivity index (χ1n) is 5.07. The monoisotopic (exact) mass is 254 g/mol. The molecule has 0 unspecified atom stereocenters. The van der Waals surface area contributed by atoms with E-state index in [0.29, 0.717) is 16.3 Å². The lowest BCUT2D eigenvalue weighted by atomic mass is 10.3. The molecule has 86 valence electrons. The average Bonchev–Trinajstić information content (AvgIpc) is 3.07. The quantitative estimate of drug-likeness (QED) is 0.775. The van der Waals surface area contributed by atoms with Crippen molar-refractivity contribution in [1.29, 1.82) is 0 Å². The van der Waals surface area contributed by atoms with E-state index in [2.05, 4.69) is 21.5 Å². The molecule has 0 amide bonds. The molecule has 1 saturated carbocycles. The van der Waals surface area contributed by atoms with E-state index in [-0.39, 0.29) is 4.99 Å². The SMILES string of the molecule is CSC1(CNc2nccnc2C(N)=S)CC1. The summed E-state index contributed by atoms with van der Waals surface area (Å²) in [7, 11) is 0. The van der Waals surface area contributed by atoms with Crippen LogP contribution in [-0.2, 0) is 0 Å². The van der Waals surface area contributed by atoms with E-state index in [1.807, 2.05) is 11.8 Å². The molecule has 1 aliphatic carbocycles. The molecule has 4 nitrogen and oxygen atoms in total. The Hall–Kier alpha value is -0.880. The molecule has 6 heteroatoms. The summed E-state index contributed by atoms with van der Waals surface area (Å²) in [6, 6.07) is 0. The van der Waals surface area contributed by atoms with Crippen LogP contribution in [0.4, 0.5) is 5.82 Å². The minimum Gasteiger partial charge on any atom is -0.388 e. The van der Waals surface area contributed by atoms with Crippen molar-refractivity contribution < 1.29 is 0 Å². The van der Waals surface area contributed by atoms with Crippen molar-refractivity contribution in [2.45, 2.75) is 17.6 Å². The second-order valence-electron chi connectivity index (χ2n) is 3.86. The molecule has 0 radical (unpaired) electrons. The van der Waals surface area contributed by atoms with Crippen LogP contribution < -0.4 is 11.1 Å². The summed E-state index contributed by atoms with van der Waals surface area (Å²) in [5.74, 6) is 0.690. The van der Waals surface area contributed by atoms with Crippen molar-refractivity contribution in [3.8, 4) is 0 Å². The summed E-state index contributed by atoms with van der Waals surface area (Å²) in [6.07, 6.45) is 7.89. The summed E-state index contributed by atoms with van der Waals surface area (Å²) in [5, 5.41) is 3.29. The highest BCUT2D eigenvalue weighted by atomic mass is 32.2. The highest BCUT2D eigenvalue weighted by molar-refractivity contribution is 8.00. The number of thiocarbonyl (C=S) groups is 1. The van der Waals surface area contributed by atoms with Crippen molar-refractivity contribution in [1.82, 2.24) is 9.97 Å². The fraction of sp³-hybridized carbons (Fsp3) is 0.500. The van der Waals surface area contributed by atoms with Gasteiger partial charge in [0.1, 0.15) is 10.7 Å². The Labute approximate surface area is 104 Å². The predicted octanol–water partition coefficient (Wildman–Crippen LogP) is 1.42. The van der Waals surface area contributed by atoms with Gasteiger partial charge < -0.3 is 11.1 Å². The number of nitrogens with one attached hydrogen (secondary N) is 1. The largest absolute Gasteiger partial charge is 0.388 e. The van der Waals surface area contributed by atoms with E-state index in [1.165, 1.54) is 12.8 Å². The molecule has 0 aliphatic heterocycles. The lowest BCUT2D eigenvalue weighted by molar-refractivity contribution is 0.935. The van der Waals surface area contributed by atoms with Crippen molar-refractivity contribution >= 4 is 34.8 Å². The lowest BCUT2D eigenvalue weighted by Crippen LogP contribution is -2.22. The van der Waals surface area contributed by atoms with Crippen LogP contribution in [0.15, 0.2) is 12.4 Å². The summed E-state index contributed by atoms with van der Waals surface area (Å²) >= 11 is 6.83. The van der Waals surface area contributed by atoms with Gasteiger partial charge >= 0.3 is 0 Å². The van der Waals surface area contributed by atoms with Crippen molar-refractivity contribution in [2.24, 2.45) is 5.73 Å². The Kier molecular flexibility index (Phi) is 3.30.